The summed E-state index contributed by atoms with van der Waals surface area (Å²) in [4.78, 5) is 12.5. The number of carbonyl (C=O) groups excluding carboxylic acids is 1. The number of tetrazole rings is 1. The molecule has 1 aromatic heterocycles. The van der Waals surface area contributed by atoms with E-state index in [1.165, 1.54) is 0 Å². The van der Waals surface area contributed by atoms with Gasteiger partial charge in [-0.3, -0.25) is 15.4 Å². The molecule has 144 valence electrons. The maximum atomic E-state index is 12.5. The lowest BCUT2D eigenvalue weighted by atomic mass is 10.2. The molecule has 0 aliphatic heterocycles. The van der Waals surface area contributed by atoms with Gasteiger partial charge in [-0.15, -0.1) is 0 Å². The first-order valence-electron chi connectivity index (χ1n) is 8.81. The predicted molar refractivity (Wildman–Crippen MR) is 109 cm³/mol. The maximum absolute atomic E-state index is 12.5. The van der Waals surface area contributed by atoms with Crippen molar-refractivity contribution in [3.63, 3.8) is 0 Å². The van der Waals surface area contributed by atoms with Crippen LogP contribution in [0.25, 0.3) is 0 Å². The van der Waals surface area contributed by atoms with E-state index in [-0.39, 0.29) is 11.0 Å². The van der Waals surface area contributed by atoms with E-state index >= 15 is 0 Å². The first-order chi connectivity index (χ1) is 13.7. The Morgan fingerprint density at radius 2 is 2.00 bits per heavy atom. The van der Waals surface area contributed by atoms with Crippen molar-refractivity contribution in [3.8, 4) is 5.75 Å². The van der Waals surface area contributed by atoms with Gasteiger partial charge in [0.2, 0.25) is 5.95 Å². The van der Waals surface area contributed by atoms with E-state index in [4.69, 9.17) is 17.0 Å². The predicted octanol–water partition coefficient (Wildman–Crippen LogP) is 2.79. The van der Waals surface area contributed by atoms with Crippen molar-refractivity contribution >= 4 is 29.2 Å². The van der Waals surface area contributed by atoms with Crippen LogP contribution in [0.1, 0.15) is 29.3 Å². The van der Waals surface area contributed by atoms with Crippen LogP contribution in [0.4, 0.5) is 5.95 Å². The van der Waals surface area contributed by atoms with Crippen LogP contribution in [0.2, 0.25) is 0 Å². The molecule has 0 aliphatic rings. The monoisotopic (exact) mass is 396 g/mol. The molecule has 0 radical (unpaired) electrons. The zero-order valence-electron chi connectivity index (χ0n) is 15.3. The molecular weight excluding hydrogens is 376 g/mol. The summed E-state index contributed by atoms with van der Waals surface area (Å²) in [6, 6.07) is 16.7. The highest BCUT2D eigenvalue weighted by molar-refractivity contribution is 7.80. The lowest BCUT2D eigenvalue weighted by Gasteiger charge is -2.10. The number of aryl methyl sites for hydroxylation is 1. The van der Waals surface area contributed by atoms with Crippen molar-refractivity contribution in [1.29, 1.82) is 0 Å². The molecule has 0 aliphatic carbocycles. The van der Waals surface area contributed by atoms with Gasteiger partial charge in [-0.05, 0) is 52.8 Å². The second kappa shape index (κ2) is 9.56. The van der Waals surface area contributed by atoms with E-state index < -0.39 is 0 Å². The Kier molecular flexibility index (Phi) is 6.64. The lowest BCUT2D eigenvalue weighted by Crippen LogP contribution is -2.35. The molecule has 9 heteroatoms. The molecule has 2 aromatic carbocycles. The number of rotatable bonds is 7. The third-order valence-electron chi connectivity index (χ3n) is 3.76. The molecule has 3 aromatic rings. The Morgan fingerprint density at radius 3 is 2.79 bits per heavy atom. The molecule has 1 heterocycles. The van der Waals surface area contributed by atoms with Crippen molar-refractivity contribution in [2.45, 2.75) is 26.5 Å². The van der Waals surface area contributed by atoms with E-state index in [0.717, 1.165) is 12.0 Å². The van der Waals surface area contributed by atoms with Crippen LogP contribution in [0.15, 0.2) is 54.6 Å². The summed E-state index contributed by atoms with van der Waals surface area (Å²) in [5, 5.41) is 16.9. The number of hydrogen-bond donors (Lipinski definition) is 2. The number of nitrogens with zero attached hydrogens (tertiary/aromatic N) is 4. The van der Waals surface area contributed by atoms with E-state index in [2.05, 4.69) is 26.2 Å². The molecule has 0 saturated heterocycles. The number of anilines is 1. The van der Waals surface area contributed by atoms with Crippen LogP contribution in [0.3, 0.4) is 0 Å². The Morgan fingerprint density at radius 1 is 1.18 bits per heavy atom. The summed E-state index contributed by atoms with van der Waals surface area (Å²) in [5.41, 5.74) is 1.48. The highest BCUT2D eigenvalue weighted by atomic mass is 32.1. The first-order valence-corrected chi connectivity index (χ1v) is 9.22. The van der Waals surface area contributed by atoms with Crippen LogP contribution >= 0.6 is 12.2 Å². The van der Waals surface area contributed by atoms with Gasteiger partial charge in [-0.2, -0.15) is 0 Å². The molecule has 0 fully saturated rings. The number of benzene rings is 2. The zero-order valence-corrected chi connectivity index (χ0v) is 16.1. The summed E-state index contributed by atoms with van der Waals surface area (Å²) >= 11 is 5.19. The van der Waals surface area contributed by atoms with E-state index in [1.54, 1.807) is 28.9 Å². The van der Waals surface area contributed by atoms with Gasteiger partial charge in [0.05, 0.1) is 0 Å². The third kappa shape index (κ3) is 5.34. The Balaban J connectivity index is 1.58. The smallest absolute Gasteiger partial charge is 0.257 e. The average Bonchev–Trinajstić information content (AvgIpc) is 3.14. The Bertz CT molecular complexity index is 944. The van der Waals surface area contributed by atoms with Crippen molar-refractivity contribution < 1.29 is 9.53 Å². The number of thiocarbonyl (C=S) groups is 1. The van der Waals surface area contributed by atoms with Crippen LogP contribution in [-0.2, 0) is 13.2 Å². The van der Waals surface area contributed by atoms with Gasteiger partial charge in [0.25, 0.3) is 5.91 Å². The minimum absolute atomic E-state index is 0.118. The van der Waals surface area contributed by atoms with Crippen molar-refractivity contribution in [3.05, 3.63) is 65.7 Å². The van der Waals surface area contributed by atoms with Crippen molar-refractivity contribution in [2.24, 2.45) is 0 Å². The number of aromatic nitrogens is 4. The van der Waals surface area contributed by atoms with Gasteiger partial charge in [-0.1, -0.05) is 48.4 Å². The molecule has 0 bridgehead atoms. The quantitative estimate of drug-likeness (QED) is 0.593. The van der Waals surface area contributed by atoms with Crippen LogP contribution in [0, 0.1) is 0 Å². The average molecular weight is 396 g/mol. The van der Waals surface area contributed by atoms with Crippen LogP contribution in [-0.4, -0.2) is 31.2 Å². The number of nitrogens with one attached hydrogen (secondary N) is 2. The molecule has 0 unspecified atom stereocenters. The second-order valence-corrected chi connectivity index (χ2v) is 6.34. The maximum Gasteiger partial charge on any atom is 0.257 e. The zero-order chi connectivity index (χ0) is 19.8. The summed E-state index contributed by atoms with van der Waals surface area (Å²) < 4.78 is 7.34. The number of carbonyl (C=O) groups is 1. The Labute approximate surface area is 167 Å². The molecule has 28 heavy (non-hydrogen) atoms. The lowest BCUT2D eigenvalue weighted by molar-refractivity contribution is 0.0977. The van der Waals surface area contributed by atoms with Crippen molar-refractivity contribution in [2.75, 3.05) is 5.32 Å². The van der Waals surface area contributed by atoms with Gasteiger partial charge >= 0.3 is 0 Å². The summed E-state index contributed by atoms with van der Waals surface area (Å²) in [5.74, 6) is 0.631. The standard InChI is InChI=1S/C19H20N6O2S/c1-2-11-25-18(22-23-24-25)21-19(28)20-17(26)15-9-6-10-16(12-15)27-13-14-7-4-3-5-8-14/h3-10,12H,2,11,13H2,1H3,(H2,20,21,22,24,26,28). The molecule has 8 nitrogen and oxygen atoms in total. The molecule has 3 rings (SSSR count). The minimum Gasteiger partial charge on any atom is -0.489 e. The van der Waals surface area contributed by atoms with Gasteiger partial charge < -0.3 is 4.74 Å². The number of hydrogen-bond acceptors (Lipinski definition) is 6. The molecule has 0 saturated carbocycles. The summed E-state index contributed by atoms with van der Waals surface area (Å²) in [7, 11) is 0. The van der Waals surface area contributed by atoms with E-state index in [1.807, 2.05) is 37.3 Å². The third-order valence-corrected chi connectivity index (χ3v) is 3.97. The molecular formula is C19H20N6O2S. The highest BCUT2D eigenvalue weighted by Crippen LogP contribution is 2.15. The van der Waals surface area contributed by atoms with Gasteiger partial charge in [-0.25, -0.2) is 4.68 Å². The Hall–Kier alpha value is -3.33. The van der Waals surface area contributed by atoms with Crippen LogP contribution < -0.4 is 15.4 Å². The number of amides is 1. The fourth-order valence-corrected chi connectivity index (χ4v) is 2.62. The number of ether oxygens (including phenoxy) is 1. The summed E-state index contributed by atoms with van der Waals surface area (Å²) in [6.45, 7) is 3.08. The van der Waals surface area contributed by atoms with Gasteiger partial charge in [0.15, 0.2) is 5.11 Å². The van der Waals surface area contributed by atoms with E-state index in [0.29, 0.717) is 30.4 Å². The molecule has 2 N–H and O–H groups in total. The largest absolute Gasteiger partial charge is 0.489 e. The normalized spacial score (nSPS) is 10.3. The molecule has 0 spiro atoms. The fourth-order valence-electron chi connectivity index (χ4n) is 2.43. The molecule has 1 amide bonds. The SMILES string of the molecule is CCCn1nnnc1NC(=S)NC(=O)c1cccc(OCc2ccccc2)c1. The fraction of sp³-hybridized carbons (Fsp3) is 0.211. The molecule has 0 atom stereocenters. The van der Waals surface area contributed by atoms with Crippen LogP contribution in [0.5, 0.6) is 5.75 Å². The van der Waals surface area contributed by atoms with Crippen molar-refractivity contribution in [1.82, 2.24) is 25.5 Å². The first kappa shape index (κ1) is 19.4. The second-order valence-electron chi connectivity index (χ2n) is 5.94. The van der Waals surface area contributed by atoms with E-state index in [9.17, 15) is 4.79 Å². The van der Waals surface area contributed by atoms with Gasteiger partial charge in [0.1, 0.15) is 12.4 Å². The minimum atomic E-state index is -0.350. The summed E-state index contributed by atoms with van der Waals surface area (Å²) in [6.07, 6.45) is 0.870. The topological polar surface area (TPSA) is 94.0 Å². The highest BCUT2D eigenvalue weighted by Gasteiger charge is 2.12. The van der Waals surface area contributed by atoms with Gasteiger partial charge in [0, 0.05) is 12.1 Å².